The number of imidazole rings is 1. The minimum Gasteiger partial charge on any atom is -0.481 e. The Morgan fingerprint density at radius 2 is 2.14 bits per heavy atom. The van der Waals surface area contributed by atoms with E-state index in [9.17, 15) is 14.7 Å². The van der Waals surface area contributed by atoms with E-state index in [1.165, 1.54) is 0 Å². The van der Waals surface area contributed by atoms with E-state index in [0.717, 1.165) is 25.2 Å². The second-order valence-electron chi connectivity index (χ2n) is 6.13. The number of carboxylic acid groups (broad SMARTS) is 1. The number of urea groups is 1. The highest BCUT2D eigenvalue weighted by atomic mass is 16.4. The smallest absolute Gasteiger partial charge is 0.321 e. The summed E-state index contributed by atoms with van der Waals surface area (Å²) in [5.74, 6) is -0.260. The molecule has 3 aliphatic heterocycles. The van der Waals surface area contributed by atoms with Gasteiger partial charge in [0.05, 0.1) is 12.5 Å². The number of fused-ring (bicyclic) bond motifs is 3. The number of nitrogens with zero attached hydrogens (tertiary/aromatic N) is 4. The van der Waals surface area contributed by atoms with Gasteiger partial charge in [-0.25, -0.2) is 9.78 Å². The van der Waals surface area contributed by atoms with Crippen LogP contribution in [0.2, 0.25) is 0 Å². The van der Waals surface area contributed by atoms with E-state index in [-0.39, 0.29) is 24.0 Å². The predicted molar refractivity (Wildman–Crippen MR) is 72.4 cm³/mol. The van der Waals surface area contributed by atoms with Crippen LogP contribution in [-0.4, -0.2) is 55.1 Å². The lowest BCUT2D eigenvalue weighted by Crippen LogP contribution is -2.49. The molecule has 1 aromatic heterocycles. The van der Waals surface area contributed by atoms with Crippen LogP contribution < -0.4 is 0 Å². The van der Waals surface area contributed by atoms with E-state index in [2.05, 4.69) is 9.55 Å². The molecule has 4 rings (SSSR count). The van der Waals surface area contributed by atoms with Crippen LogP contribution in [0.1, 0.15) is 25.1 Å². The fourth-order valence-electron chi connectivity index (χ4n) is 4.05. The van der Waals surface area contributed by atoms with E-state index in [1.807, 2.05) is 11.1 Å². The molecule has 3 unspecified atom stereocenters. The first kappa shape index (κ1) is 12.7. The minimum absolute atomic E-state index is 0.0134. The van der Waals surface area contributed by atoms with E-state index in [4.69, 9.17) is 0 Å². The standard InChI is InChI=1S/C14H18N4O3/c19-13(20)10-7-9-1-2-11(10)18(9)14(21)17-6-5-16-4-3-15-12(16)8-17/h3-4,9-11H,1-2,5-8H2,(H,19,20). The third-order valence-electron chi connectivity index (χ3n) is 5.09. The van der Waals surface area contributed by atoms with Crippen LogP contribution in [0, 0.1) is 5.92 Å². The molecule has 1 N–H and O–H groups in total. The SMILES string of the molecule is O=C(O)C1CC2CCC1N2C(=O)N1CCn2ccnc2C1. The Balaban J connectivity index is 1.53. The number of carboxylic acids is 1. The minimum atomic E-state index is -0.769. The Bertz CT molecular complexity index is 599. The summed E-state index contributed by atoms with van der Waals surface area (Å²) >= 11 is 0. The molecule has 21 heavy (non-hydrogen) atoms. The third-order valence-corrected chi connectivity index (χ3v) is 5.09. The summed E-state index contributed by atoms with van der Waals surface area (Å²) in [5.41, 5.74) is 0. The molecule has 7 heteroatoms. The van der Waals surface area contributed by atoms with Gasteiger partial charge in [-0.2, -0.15) is 0 Å². The number of carbonyl (C=O) groups excluding carboxylic acids is 1. The first-order valence-corrected chi connectivity index (χ1v) is 7.45. The Kier molecular flexibility index (Phi) is 2.70. The van der Waals surface area contributed by atoms with Crippen molar-refractivity contribution in [1.82, 2.24) is 19.4 Å². The molecular weight excluding hydrogens is 272 g/mol. The number of amides is 2. The molecule has 2 bridgehead atoms. The Morgan fingerprint density at radius 3 is 2.90 bits per heavy atom. The van der Waals surface area contributed by atoms with Gasteiger partial charge in [0, 0.05) is 37.6 Å². The number of aliphatic carboxylic acids is 1. The topological polar surface area (TPSA) is 78.7 Å². The van der Waals surface area contributed by atoms with Crippen molar-refractivity contribution in [2.45, 2.75) is 44.4 Å². The Labute approximate surface area is 122 Å². The third kappa shape index (κ3) is 1.83. The largest absolute Gasteiger partial charge is 0.481 e. The molecule has 2 fully saturated rings. The zero-order chi connectivity index (χ0) is 14.6. The number of aromatic nitrogens is 2. The molecule has 0 spiro atoms. The van der Waals surface area contributed by atoms with Crippen LogP contribution in [0.4, 0.5) is 4.79 Å². The van der Waals surface area contributed by atoms with Gasteiger partial charge in [-0.1, -0.05) is 0 Å². The monoisotopic (exact) mass is 290 g/mol. The van der Waals surface area contributed by atoms with Gasteiger partial charge in [-0.3, -0.25) is 4.79 Å². The lowest BCUT2D eigenvalue weighted by Gasteiger charge is -2.33. The average molecular weight is 290 g/mol. The first-order chi connectivity index (χ1) is 10.1. The summed E-state index contributed by atoms with van der Waals surface area (Å²) in [5, 5.41) is 9.28. The maximum atomic E-state index is 12.8. The lowest BCUT2D eigenvalue weighted by molar-refractivity contribution is -0.142. The van der Waals surface area contributed by atoms with Crippen molar-refractivity contribution in [3.63, 3.8) is 0 Å². The molecule has 4 heterocycles. The summed E-state index contributed by atoms with van der Waals surface area (Å²) in [7, 11) is 0. The van der Waals surface area contributed by atoms with Gasteiger partial charge in [0.2, 0.25) is 0 Å². The van der Waals surface area contributed by atoms with Crippen molar-refractivity contribution < 1.29 is 14.7 Å². The number of hydrogen-bond acceptors (Lipinski definition) is 3. The van der Waals surface area contributed by atoms with E-state index in [0.29, 0.717) is 19.5 Å². The van der Waals surface area contributed by atoms with Crippen LogP contribution >= 0.6 is 0 Å². The molecule has 7 nitrogen and oxygen atoms in total. The van der Waals surface area contributed by atoms with Gasteiger partial charge in [0.25, 0.3) is 0 Å². The average Bonchev–Trinajstić information content (AvgIpc) is 3.19. The van der Waals surface area contributed by atoms with Crippen molar-refractivity contribution >= 4 is 12.0 Å². The summed E-state index contributed by atoms with van der Waals surface area (Å²) in [6, 6.07) is -0.0348. The van der Waals surface area contributed by atoms with Crippen molar-refractivity contribution in [1.29, 1.82) is 0 Å². The van der Waals surface area contributed by atoms with Crippen LogP contribution in [0.15, 0.2) is 12.4 Å². The normalized spacial score (nSPS) is 30.6. The van der Waals surface area contributed by atoms with Gasteiger partial charge in [0.15, 0.2) is 0 Å². The van der Waals surface area contributed by atoms with Crippen LogP contribution in [0.25, 0.3) is 0 Å². The zero-order valence-corrected chi connectivity index (χ0v) is 11.7. The van der Waals surface area contributed by atoms with Crippen molar-refractivity contribution in [2.24, 2.45) is 5.92 Å². The van der Waals surface area contributed by atoms with Crippen LogP contribution in [-0.2, 0) is 17.9 Å². The first-order valence-electron chi connectivity index (χ1n) is 7.45. The Hall–Kier alpha value is -2.05. The number of carbonyl (C=O) groups is 2. The molecule has 0 radical (unpaired) electrons. The highest BCUT2D eigenvalue weighted by Crippen LogP contribution is 2.42. The summed E-state index contributed by atoms with van der Waals surface area (Å²) in [6.07, 6.45) is 6.03. The molecule has 3 aliphatic rings. The van der Waals surface area contributed by atoms with Gasteiger partial charge in [-0.15, -0.1) is 0 Å². The van der Waals surface area contributed by atoms with Crippen molar-refractivity contribution in [3.05, 3.63) is 18.2 Å². The molecule has 1 aromatic rings. The molecule has 0 saturated carbocycles. The summed E-state index contributed by atoms with van der Waals surface area (Å²) < 4.78 is 2.06. The summed E-state index contributed by atoms with van der Waals surface area (Å²) in [4.78, 5) is 32.0. The van der Waals surface area contributed by atoms with E-state index in [1.54, 1.807) is 11.1 Å². The maximum Gasteiger partial charge on any atom is 0.321 e. The van der Waals surface area contributed by atoms with Gasteiger partial charge >= 0.3 is 12.0 Å². The molecule has 112 valence electrons. The highest BCUT2D eigenvalue weighted by molar-refractivity contribution is 5.79. The zero-order valence-electron chi connectivity index (χ0n) is 11.7. The number of hydrogen-bond donors (Lipinski definition) is 1. The molecule has 0 aliphatic carbocycles. The summed E-state index contributed by atoms with van der Waals surface area (Å²) in [6.45, 7) is 1.93. The van der Waals surface area contributed by atoms with Crippen molar-refractivity contribution in [3.8, 4) is 0 Å². The predicted octanol–water partition coefficient (Wildman–Crippen LogP) is 0.756. The quantitative estimate of drug-likeness (QED) is 0.828. The Morgan fingerprint density at radius 1 is 1.29 bits per heavy atom. The van der Waals surface area contributed by atoms with Crippen molar-refractivity contribution in [2.75, 3.05) is 6.54 Å². The van der Waals surface area contributed by atoms with E-state index >= 15 is 0 Å². The molecular formula is C14H18N4O3. The van der Waals surface area contributed by atoms with Gasteiger partial charge in [-0.05, 0) is 19.3 Å². The van der Waals surface area contributed by atoms with Crippen LogP contribution in [0.3, 0.4) is 0 Å². The molecule has 2 saturated heterocycles. The van der Waals surface area contributed by atoms with Gasteiger partial charge < -0.3 is 19.5 Å². The van der Waals surface area contributed by atoms with E-state index < -0.39 is 5.97 Å². The second kappa shape index (κ2) is 4.47. The number of rotatable bonds is 1. The maximum absolute atomic E-state index is 12.8. The molecule has 3 atom stereocenters. The van der Waals surface area contributed by atoms with Gasteiger partial charge in [0.1, 0.15) is 5.82 Å². The van der Waals surface area contributed by atoms with Crippen LogP contribution in [0.5, 0.6) is 0 Å². The molecule has 2 amide bonds. The lowest BCUT2D eigenvalue weighted by atomic mass is 9.89. The fourth-order valence-corrected chi connectivity index (χ4v) is 4.05. The second-order valence-corrected chi connectivity index (χ2v) is 6.13. The fraction of sp³-hybridized carbons (Fsp3) is 0.643. The molecule has 0 aromatic carbocycles. The highest BCUT2D eigenvalue weighted by Gasteiger charge is 2.52.